The monoisotopic (exact) mass is 629 g/mol. The van der Waals surface area contributed by atoms with Gasteiger partial charge in [0.2, 0.25) is 0 Å². The van der Waals surface area contributed by atoms with Gasteiger partial charge in [0.1, 0.15) is 32.9 Å². The number of carbonyl (C=O) groups excluding carboxylic acids is 2. The van der Waals surface area contributed by atoms with Crippen LogP contribution in [0.1, 0.15) is 50.5 Å². The highest BCUT2D eigenvalue weighted by Crippen LogP contribution is 2.36. The molecule has 10 nitrogen and oxygen atoms in total. The molecule has 0 aliphatic carbocycles. The molecule has 0 bridgehead atoms. The minimum Gasteiger partial charge on any atom is -0.444 e. The van der Waals surface area contributed by atoms with E-state index >= 15 is 0 Å². The van der Waals surface area contributed by atoms with Gasteiger partial charge in [-0.15, -0.1) is 0 Å². The second-order valence-corrected chi connectivity index (χ2v) is 12.0. The Morgan fingerprint density at radius 2 is 1.79 bits per heavy atom. The number of carbonyl (C=O) groups is 2. The molecule has 4 rings (SSSR count). The van der Waals surface area contributed by atoms with Crippen LogP contribution in [0.2, 0.25) is 0 Å². The summed E-state index contributed by atoms with van der Waals surface area (Å²) in [4.78, 5) is 32.2. The van der Waals surface area contributed by atoms with Gasteiger partial charge in [0, 0.05) is 26.2 Å². The van der Waals surface area contributed by atoms with Gasteiger partial charge in [-0.05, 0) is 52.2 Å². The van der Waals surface area contributed by atoms with Crippen molar-refractivity contribution < 1.29 is 36.3 Å². The van der Waals surface area contributed by atoms with Crippen molar-refractivity contribution in [1.29, 1.82) is 0 Å². The average Bonchev–Trinajstić information content (AvgIpc) is 3.36. The molecule has 16 heteroatoms. The maximum atomic E-state index is 14.6. The van der Waals surface area contributed by atoms with Gasteiger partial charge >= 0.3 is 12.3 Å². The fraction of sp³-hybridized carbons (Fsp3) is 0.481. The molecule has 0 radical (unpaired) electrons. The number of thiazole rings is 1. The summed E-state index contributed by atoms with van der Waals surface area (Å²) in [5.41, 5.74) is -1.35. The fourth-order valence-electron chi connectivity index (χ4n) is 4.61. The molecule has 1 aliphatic rings. The predicted molar refractivity (Wildman–Crippen MR) is 152 cm³/mol. The third kappa shape index (κ3) is 8.40. The van der Waals surface area contributed by atoms with E-state index in [1.807, 2.05) is 4.90 Å². The lowest BCUT2D eigenvalue weighted by Crippen LogP contribution is -2.37. The van der Waals surface area contributed by atoms with Crippen molar-refractivity contribution >= 4 is 39.8 Å². The molecule has 3 N–H and O–H groups in total. The average molecular weight is 630 g/mol. The first-order chi connectivity index (χ1) is 20.1. The van der Waals surface area contributed by atoms with E-state index in [0.717, 1.165) is 12.1 Å². The van der Waals surface area contributed by atoms with Crippen molar-refractivity contribution in [2.75, 3.05) is 35.2 Å². The van der Waals surface area contributed by atoms with Gasteiger partial charge in [0.05, 0.1) is 18.3 Å². The third-order valence-corrected chi connectivity index (χ3v) is 7.40. The van der Waals surface area contributed by atoms with E-state index in [2.05, 4.69) is 26.0 Å². The summed E-state index contributed by atoms with van der Waals surface area (Å²) < 4.78 is 74.0. The number of aromatic nitrogens is 3. The lowest BCUT2D eigenvalue weighted by atomic mass is 10.1. The van der Waals surface area contributed by atoms with Crippen LogP contribution in [-0.4, -0.2) is 64.2 Å². The lowest BCUT2D eigenvalue weighted by Gasteiger charge is -2.24. The second kappa shape index (κ2) is 12.8. The van der Waals surface area contributed by atoms with Gasteiger partial charge in [0.15, 0.2) is 11.5 Å². The van der Waals surface area contributed by atoms with Crippen LogP contribution in [-0.2, 0) is 11.8 Å². The molecule has 3 heterocycles. The molecule has 1 saturated heterocycles. The second-order valence-electron chi connectivity index (χ2n) is 11.0. The Balaban J connectivity index is 1.59. The number of aryl methyl sites for hydroxylation is 1. The number of nitrogens with zero attached hydrogens (tertiary/aromatic N) is 4. The van der Waals surface area contributed by atoms with Crippen LogP contribution in [0, 0.1) is 11.6 Å². The summed E-state index contributed by atoms with van der Waals surface area (Å²) in [6.07, 6.45) is -2.23. The first kappa shape index (κ1) is 32.1. The number of alkyl halides is 3. The van der Waals surface area contributed by atoms with Crippen molar-refractivity contribution in [2.24, 2.45) is 7.05 Å². The number of hydrogen-bond acceptors (Lipinski definition) is 8. The number of rotatable bonds is 7. The van der Waals surface area contributed by atoms with E-state index in [-0.39, 0.29) is 27.4 Å². The van der Waals surface area contributed by atoms with Gasteiger partial charge in [-0.3, -0.25) is 14.8 Å². The predicted octanol–water partition coefficient (Wildman–Crippen LogP) is 5.93. The Morgan fingerprint density at radius 1 is 1.09 bits per heavy atom. The third-order valence-electron chi connectivity index (χ3n) is 6.41. The minimum atomic E-state index is -4.31. The number of nitrogens with one attached hydrogen (secondary N) is 3. The molecule has 1 aliphatic heterocycles. The minimum absolute atomic E-state index is 0.0943. The number of benzene rings is 1. The molecule has 2 aromatic heterocycles. The smallest absolute Gasteiger partial charge is 0.412 e. The van der Waals surface area contributed by atoms with E-state index < -0.39 is 47.5 Å². The topological polar surface area (TPSA) is 113 Å². The molecule has 0 saturated carbocycles. The van der Waals surface area contributed by atoms with Crippen molar-refractivity contribution in [3.63, 3.8) is 0 Å². The molecule has 234 valence electrons. The van der Waals surface area contributed by atoms with Gasteiger partial charge in [-0.1, -0.05) is 17.4 Å². The maximum absolute atomic E-state index is 14.6. The van der Waals surface area contributed by atoms with Crippen LogP contribution in [0.3, 0.4) is 0 Å². The molecule has 2 amide bonds. The standard InChI is InChI=1S/C27H32F5N7O3S/c1-26(2,3)42-25(41)37-23-20(36-22(43-23)19-16(28)8-5-9-17(19)29)21(40)35-18-13-34-38(4)24(18)39-11-6-7-15(10-12-39)33-14-27(30,31)32/h5,8-9,13,15,33H,6-7,10-12,14H2,1-4H3,(H,35,40)(H,37,41)/t15-/m1/s1. The summed E-state index contributed by atoms with van der Waals surface area (Å²) in [6, 6.07) is 2.96. The lowest BCUT2D eigenvalue weighted by molar-refractivity contribution is -0.126. The van der Waals surface area contributed by atoms with Crippen molar-refractivity contribution in [3.8, 4) is 10.6 Å². The molecular weight excluding hydrogens is 597 g/mol. The quantitative estimate of drug-likeness (QED) is 0.278. The summed E-state index contributed by atoms with van der Waals surface area (Å²) in [7, 11) is 1.66. The highest BCUT2D eigenvalue weighted by Gasteiger charge is 2.30. The van der Waals surface area contributed by atoms with Gasteiger partial charge in [0.25, 0.3) is 5.91 Å². The zero-order chi connectivity index (χ0) is 31.5. The SMILES string of the molecule is Cn1ncc(NC(=O)c2nc(-c3c(F)cccc3F)sc2NC(=O)OC(C)(C)C)c1N1CCC[C@@H](NCC(F)(F)F)CC1. The first-order valence-electron chi connectivity index (χ1n) is 13.4. The molecule has 1 atom stereocenters. The fourth-order valence-corrected chi connectivity index (χ4v) is 5.61. The molecule has 43 heavy (non-hydrogen) atoms. The van der Waals surface area contributed by atoms with Crippen molar-refractivity contribution in [3.05, 3.63) is 41.7 Å². The Bertz CT molecular complexity index is 1450. The highest BCUT2D eigenvalue weighted by molar-refractivity contribution is 7.19. The van der Waals surface area contributed by atoms with Crippen LogP contribution >= 0.6 is 11.3 Å². The zero-order valence-corrected chi connectivity index (χ0v) is 24.8. The van der Waals surface area contributed by atoms with Crippen LogP contribution in [0.4, 0.5) is 43.3 Å². The Kier molecular flexibility index (Phi) is 9.59. The molecule has 0 spiro atoms. The van der Waals surface area contributed by atoms with E-state index in [4.69, 9.17) is 4.74 Å². The maximum Gasteiger partial charge on any atom is 0.412 e. The van der Waals surface area contributed by atoms with Gasteiger partial charge in [-0.25, -0.2) is 18.6 Å². The van der Waals surface area contributed by atoms with E-state index in [9.17, 15) is 31.5 Å². The molecule has 0 unspecified atom stereocenters. The number of halogens is 5. The van der Waals surface area contributed by atoms with E-state index in [0.29, 0.717) is 49.5 Å². The number of hydrogen-bond donors (Lipinski definition) is 3. The van der Waals surface area contributed by atoms with Gasteiger partial charge < -0.3 is 20.3 Å². The van der Waals surface area contributed by atoms with E-state index in [1.165, 1.54) is 16.9 Å². The zero-order valence-electron chi connectivity index (χ0n) is 23.9. The number of amides is 2. The molecule has 1 aromatic carbocycles. The van der Waals surface area contributed by atoms with E-state index in [1.54, 1.807) is 27.8 Å². The van der Waals surface area contributed by atoms with Gasteiger partial charge in [-0.2, -0.15) is 18.3 Å². The van der Waals surface area contributed by atoms with Crippen molar-refractivity contribution in [2.45, 2.75) is 57.9 Å². The Morgan fingerprint density at radius 3 is 2.44 bits per heavy atom. The Hall–Kier alpha value is -3.79. The molecular formula is C27H32F5N7O3S. The Labute approximate surface area is 248 Å². The number of anilines is 3. The molecule has 1 fully saturated rings. The summed E-state index contributed by atoms with van der Waals surface area (Å²) in [6.45, 7) is 4.77. The first-order valence-corrected chi connectivity index (χ1v) is 14.3. The van der Waals surface area contributed by atoms with Crippen LogP contribution in [0.15, 0.2) is 24.4 Å². The summed E-state index contributed by atoms with van der Waals surface area (Å²) >= 11 is 0.699. The van der Waals surface area contributed by atoms with Crippen LogP contribution in [0.5, 0.6) is 0 Å². The van der Waals surface area contributed by atoms with Crippen LogP contribution < -0.4 is 20.9 Å². The van der Waals surface area contributed by atoms with Crippen molar-refractivity contribution in [1.82, 2.24) is 20.1 Å². The number of ether oxygens (including phenoxy) is 1. The van der Waals surface area contributed by atoms with Crippen LogP contribution in [0.25, 0.3) is 10.6 Å². The largest absolute Gasteiger partial charge is 0.444 e. The highest BCUT2D eigenvalue weighted by atomic mass is 32.1. The summed E-state index contributed by atoms with van der Waals surface area (Å²) in [5, 5.41) is 11.7. The molecule has 3 aromatic rings. The normalized spacial score (nSPS) is 16.1. The summed E-state index contributed by atoms with van der Waals surface area (Å²) in [5.74, 6) is -2.08.